The zero-order valence-electron chi connectivity index (χ0n) is 14.4. The molecule has 0 bridgehead atoms. The molecule has 0 aliphatic heterocycles. The van der Waals surface area contributed by atoms with Crippen molar-refractivity contribution in [3.05, 3.63) is 57.0 Å². The molecule has 0 unspecified atom stereocenters. The fourth-order valence-corrected chi connectivity index (χ4v) is 3.52. The number of carbonyl (C=O) groups excluding carboxylic acids is 2. The number of furan rings is 1. The van der Waals surface area contributed by atoms with Crippen LogP contribution in [0.2, 0.25) is 10.0 Å². The SMILES string of the molecule is COC(=O)c1cc(CSCC(=O)NCCc2ccc(Cl)cc2Cl)oc1C. The molecular formula is C18H19Cl2NO4S. The van der Waals surface area contributed by atoms with Gasteiger partial charge in [0.25, 0.3) is 0 Å². The van der Waals surface area contributed by atoms with Crippen molar-refractivity contribution >= 4 is 46.8 Å². The number of rotatable bonds is 8. The maximum absolute atomic E-state index is 11.9. The molecule has 0 aliphatic carbocycles. The molecule has 0 saturated carbocycles. The fraction of sp³-hybridized carbons (Fsp3) is 0.333. The molecule has 26 heavy (non-hydrogen) atoms. The van der Waals surface area contributed by atoms with Gasteiger partial charge in [0.15, 0.2) is 0 Å². The van der Waals surface area contributed by atoms with Crippen molar-refractivity contribution in [1.82, 2.24) is 5.32 Å². The van der Waals surface area contributed by atoms with Gasteiger partial charge in [0.1, 0.15) is 17.1 Å². The zero-order chi connectivity index (χ0) is 19.1. The maximum atomic E-state index is 11.9. The van der Waals surface area contributed by atoms with Gasteiger partial charge in [-0.15, -0.1) is 11.8 Å². The van der Waals surface area contributed by atoms with Gasteiger partial charge in [-0.2, -0.15) is 0 Å². The van der Waals surface area contributed by atoms with Crippen LogP contribution in [-0.4, -0.2) is 31.3 Å². The Hall–Kier alpha value is -1.63. The lowest BCUT2D eigenvalue weighted by molar-refractivity contribution is -0.118. The van der Waals surface area contributed by atoms with Crippen molar-refractivity contribution in [3.63, 3.8) is 0 Å². The van der Waals surface area contributed by atoms with E-state index in [9.17, 15) is 9.59 Å². The molecule has 0 fully saturated rings. The van der Waals surface area contributed by atoms with Gasteiger partial charge in [-0.05, 0) is 37.1 Å². The van der Waals surface area contributed by atoms with Crippen LogP contribution in [0.1, 0.15) is 27.4 Å². The van der Waals surface area contributed by atoms with Gasteiger partial charge in [0.05, 0.1) is 18.6 Å². The summed E-state index contributed by atoms with van der Waals surface area (Å²) in [6, 6.07) is 6.96. The Labute approximate surface area is 166 Å². The van der Waals surface area contributed by atoms with E-state index in [1.807, 2.05) is 6.07 Å². The summed E-state index contributed by atoms with van der Waals surface area (Å²) in [5.74, 6) is 1.43. The molecule has 1 N–H and O–H groups in total. The smallest absolute Gasteiger partial charge is 0.341 e. The topological polar surface area (TPSA) is 68.5 Å². The number of benzene rings is 1. The number of thioether (sulfide) groups is 1. The predicted octanol–water partition coefficient (Wildman–Crippen LogP) is 4.27. The first-order valence-electron chi connectivity index (χ1n) is 7.86. The van der Waals surface area contributed by atoms with E-state index in [1.165, 1.54) is 18.9 Å². The molecule has 5 nitrogen and oxygen atoms in total. The predicted molar refractivity (Wildman–Crippen MR) is 104 cm³/mol. The van der Waals surface area contributed by atoms with Crippen LogP contribution in [0.5, 0.6) is 0 Å². The first kappa shape index (κ1) is 20.7. The summed E-state index contributed by atoms with van der Waals surface area (Å²) in [6.07, 6.45) is 0.631. The van der Waals surface area contributed by atoms with Crippen molar-refractivity contribution in [3.8, 4) is 0 Å². The van der Waals surface area contributed by atoms with Gasteiger partial charge in [-0.25, -0.2) is 4.79 Å². The number of carbonyl (C=O) groups is 2. The van der Waals surface area contributed by atoms with E-state index >= 15 is 0 Å². The van der Waals surface area contributed by atoms with Crippen LogP contribution in [0.25, 0.3) is 0 Å². The molecule has 1 amide bonds. The van der Waals surface area contributed by atoms with Crippen LogP contribution in [0.15, 0.2) is 28.7 Å². The number of methoxy groups -OCH3 is 1. The van der Waals surface area contributed by atoms with E-state index in [0.717, 1.165) is 5.56 Å². The summed E-state index contributed by atoms with van der Waals surface area (Å²) in [5, 5.41) is 4.03. The second kappa shape index (κ2) is 9.90. The summed E-state index contributed by atoms with van der Waals surface area (Å²) >= 11 is 13.4. The second-order valence-corrected chi connectivity index (χ2v) is 7.33. The van der Waals surface area contributed by atoms with Gasteiger partial charge < -0.3 is 14.5 Å². The summed E-state index contributed by atoms with van der Waals surface area (Å²) in [7, 11) is 1.32. The highest BCUT2D eigenvalue weighted by molar-refractivity contribution is 7.99. The first-order valence-corrected chi connectivity index (χ1v) is 9.77. The molecule has 0 saturated heterocycles. The van der Waals surface area contributed by atoms with Crippen molar-refractivity contribution in [2.24, 2.45) is 0 Å². The quantitative estimate of drug-likeness (QED) is 0.651. The Morgan fingerprint density at radius 3 is 2.73 bits per heavy atom. The van der Waals surface area contributed by atoms with Crippen LogP contribution in [0.3, 0.4) is 0 Å². The first-order chi connectivity index (χ1) is 12.4. The van der Waals surface area contributed by atoms with Crippen molar-refractivity contribution in [2.45, 2.75) is 19.1 Å². The van der Waals surface area contributed by atoms with Gasteiger partial charge in [-0.3, -0.25) is 4.79 Å². The lowest BCUT2D eigenvalue weighted by atomic mass is 10.1. The second-order valence-electron chi connectivity index (χ2n) is 5.50. The normalized spacial score (nSPS) is 10.6. The van der Waals surface area contributed by atoms with E-state index < -0.39 is 5.97 Å². The molecule has 0 aliphatic rings. The molecular weight excluding hydrogens is 397 g/mol. The molecule has 1 aromatic heterocycles. The van der Waals surface area contributed by atoms with Crippen LogP contribution in [0, 0.1) is 6.92 Å². The third-order valence-electron chi connectivity index (χ3n) is 3.58. The molecule has 140 valence electrons. The minimum absolute atomic E-state index is 0.0726. The minimum atomic E-state index is -0.430. The zero-order valence-corrected chi connectivity index (χ0v) is 16.8. The van der Waals surface area contributed by atoms with E-state index in [2.05, 4.69) is 10.1 Å². The molecule has 2 rings (SSSR count). The Bertz CT molecular complexity index is 791. The van der Waals surface area contributed by atoms with Gasteiger partial charge >= 0.3 is 5.97 Å². The summed E-state index contributed by atoms with van der Waals surface area (Å²) in [5.41, 5.74) is 1.35. The van der Waals surface area contributed by atoms with Crippen LogP contribution in [-0.2, 0) is 21.7 Å². The number of esters is 1. The molecule has 0 atom stereocenters. The number of amides is 1. The largest absolute Gasteiger partial charge is 0.465 e. The Morgan fingerprint density at radius 1 is 1.27 bits per heavy atom. The number of aryl methyl sites for hydroxylation is 1. The number of hydrogen-bond donors (Lipinski definition) is 1. The lowest BCUT2D eigenvalue weighted by Gasteiger charge is -2.07. The minimum Gasteiger partial charge on any atom is -0.465 e. The Balaban J connectivity index is 1.71. The monoisotopic (exact) mass is 415 g/mol. The van der Waals surface area contributed by atoms with E-state index in [4.69, 9.17) is 27.6 Å². The highest BCUT2D eigenvalue weighted by Gasteiger charge is 2.15. The summed E-state index contributed by atoms with van der Waals surface area (Å²) in [4.78, 5) is 23.4. The van der Waals surface area contributed by atoms with Crippen LogP contribution < -0.4 is 5.32 Å². The highest BCUT2D eigenvalue weighted by atomic mass is 35.5. The summed E-state index contributed by atoms with van der Waals surface area (Å²) in [6.45, 7) is 2.20. The number of ether oxygens (including phenoxy) is 1. The lowest BCUT2D eigenvalue weighted by Crippen LogP contribution is -2.27. The Morgan fingerprint density at radius 2 is 2.04 bits per heavy atom. The molecule has 1 heterocycles. The highest BCUT2D eigenvalue weighted by Crippen LogP contribution is 2.21. The van der Waals surface area contributed by atoms with E-state index in [0.29, 0.717) is 51.6 Å². The van der Waals surface area contributed by atoms with E-state index in [1.54, 1.807) is 25.1 Å². The third-order valence-corrected chi connectivity index (χ3v) is 5.13. The van der Waals surface area contributed by atoms with Crippen LogP contribution >= 0.6 is 35.0 Å². The summed E-state index contributed by atoms with van der Waals surface area (Å²) < 4.78 is 10.2. The number of halogens is 2. The van der Waals surface area contributed by atoms with Crippen molar-refractivity contribution < 1.29 is 18.7 Å². The number of hydrogen-bond acceptors (Lipinski definition) is 5. The molecule has 0 spiro atoms. The van der Waals surface area contributed by atoms with Gasteiger partial charge in [-0.1, -0.05) is 29.3 Å². The van der Waals surface area contributed by atoms with Crippen LogP contribution in [0.4, 0.5) is 0 Å². The Kier molecular flexibility index (Phi) is 7.87. The average Bonchev–Trinajstić information content (AvgIpc) is 2.97. The molecule has 8 heteroatoms. The maximum Gasteiger partial charge on any atom is 0.341 e. The standard InChI is InChI=1S/C18H19Cl2NO4S/c1-11-15(18(23)24-2)8-14(25-11)9-26-10-17(22)21-6-5-12-3-4-13(19)7-16(12)20/h3-4,7-8H,5-6,9-10H2,1-2H3,(H,21,22). The average molecular weight is 416 g/mol. The number of nitrogens with one attached hydrogen (secondary N) is 1. The van der Waals surface area contributed by atoms with Gasteiger partial charge in [0.2, 0.25) is 5.91 Å². The molecule has 2 aromatic rings. The van der Waals surface area contributed by atoms with E-state index in [-0.39, 0.29) is 5.91 Å². The third kappa shape index (κ3) is 5.97. The molecule has 1 aromatic carbocycles. The fourth-order valence-electron chi connectivity index (χ4n) is 2.28. The van der Waals surface area contributed by atoms with Crippen molar-refractivity contribution in [1.29, 1.82) is 0 Å². The van der Waals surface area contributed by atoms with Crippen molar-refractivity contribution in [2.75, 3.05) is 19.4 Å². The molecule has 0 radical (unpaired) electrons. The van der Waals surface area contributed by atoms with Gasteiger partial charge in [0, 0.05) is 16.6 Å².